The Balaban J connectivity index is 2.28. The van der Waals surface area contributed by atoms with Gasteiger partial charge in [-0.1, -0.05) is 26.8 Å². The highest BCUT2D eigenvalue weighted by Gasteiger charge is 2.33. The Bertz CT molecular complexity index is 1010. The van der Waals surface area contributed by atoms with Crippen LogP contribution in [0.1, 0.15) is 78.9 Å². The fraction of sp³-hybridized carbons (Fsp3) is 0.200. The maximum Gasteiger partial charge on any atom is 0.336 e. The number of aromatic carboxylic acids is 2. The molecular weight excluding hydrogens is 336 g/mol. The highest BCUT2D eigenvalue weighted by Crippen LogP contribution is 2.33. The summed E-state index contributed by atoms with van der Waals surface area (Å²) in [4.78, 5) is 48.4. The first-order valence-corrected chi connectivity index (χ1v) is 7.91. The van der Waals surface area contributed by atoms with Gasteiger partial charge in [-0.2, -0.15) is 0 Å². The molecule has 0 unspecified atom stereocenters. The van der Waals surface area contributed by atoms with E-state index in [0.29, 0.717) is 0 Å². The van der Waals surface area contributed by atoms with Crippen molar-refractivity contribution in [2.24, 2.45) is 0 Å². The van der Waals surface area contributed by atoms with Gasteiger partial charge in [0.2, 0.25) is 0 Å². The predicted molar refractivity (Wildman–Crippen MR) is 92.4 cm³/mol. The highest BCUT2D eigenvalue weighted by atomic mass is 16.4. The molecule has 0 fully saturated rings. The molecule has 1 aliphatic carbocycles. The molecule has 0 bridgehead atoms. The molecule has 3 rings (SSSR count). The first kappa shape index (κ1) is 17.5. The standard InChI is InChI=1S/C20H16O6/c1-20(2,3)9-4-5-10-11(6-9)17(22)13-8-15(19(25)26)14(18(23)24)7-12(13)16(10)21/h4-8H,1-3H3,(H,23,24)(H,25,26). The maximum atomic E-state index is 12.9. The first-order valence-electron chi connectivity index (χ1n) is 7.91. The van der Waals surface area contributed by atoms with E-state index in [-0.39, 0.29) is 27.7 Å². The van der Waals surface area contributed by atoms with Crippen molar-refractivity contribution in [3.05, 3.63) is 69.3 Å². The Hall–Kier alpha value is -3.28. The predicted octanol–water partition coefficient (Wildman–Crippen LogP) is 3.16. The Morgan fingerprint density at radius 2 is 1.15 bits per heavy atom. The molecule has 0 spiro atoms. The lowest BCUT2D eigenvalue weighted by atomic mass is 9.78. The van der Waals surface area contributed by atoms with Gasteiger partial charge in [0.25, 0.3) is 0 Å². The number of carboxylic acids is 2. The Morgan fingerprint density at radius 1 is 0.731 bits per heavy atom. The van der Waals surface area contributed by atoms with Crippen LogP contribution in [0.25, 0.3) is 0 Å². The van der Waals surface area contributed by atoms with Crippen molar-refractivity contribution in [2.75, 3.05) is 0 Å². The second-order valence-electron chi connectivity index (χ2n) is 7.22. The van der Waals surface area contributed by atoms with Crippen molar-refractivity contribution in [3.63, 3.8) is 0 Å². The van der Waals surface area contributed by atoms with E-state index in [9.17, 15) is 29.4 Å². The van der Waals surface area contributed by atoms with Gasteiger partial charge in [0, 0.05) is 22.3 Å². The highest BCUT2D eigenvalue weighted by molar-refractivity contribution is 6.29. The third-order valence-corrected chi connectivity index (χ3v) is 4.48. The number of carboxylic acid groups (broad SMARTS) is 2. The summed E-state index contributed by atoms with van der Waals surface area (Å²) in [6, 6.07) is 6.92. The van der Waals surface area contributed by atoms with E-state index >= 15 is 0 Å². The molecule has 0 aliphatic heterocycles. The molecule has 2 N–H and O–H groups in total. The SMILES string of the molecule is CC(C)(C)c1ccc2c(c1)C(=O)c1cc(C(=O)O)c(C(=O)O)cc1C2=O. The van der Waals surface area contributed by atoms with Crippen LogP contribution < -0.4 is 0 Å². The summed E-state index contributed by atoms with van der Waals surface area (Å²) in [5, 5.41) is 18.5. The number of carbonyl (C=O) groups excluding carboxylic acids is 2. The summed E-state index contributed by atoms with van der Waals surface area (Å²) in [5.74, 6) is -3.92. The molecule has 132 valence electrons. The topological polar surface area (TPSA) is 109 Å². The molecule has 0 saturated carbocycles. The number of ketones is 2. The molecule has 0 heterocycles. The molecule has 26 heavy (non-hydrogen) atoms. The zero-order valence-electron chi connectivity index (χ0n) is 14.4. The molecule has 1 aliphatic rings. The number of hydrogen-bond donors (Lipinski definition) is 2. The van der Waals surface area contributed by atoms with Gasteiger partial charge in [0.15, 0.2) is 11.6 Å². The van der Waals surface area contributed by atoms with Crippen LogP contribution in [0.3, 0.4) is 0 Å². The van der Waals surface area contributed by atoms with Crippen LogP contribution in [0.5, 0.6) is 0 Å². The zero-order valence-corrected chi connectivity index (χ0v) is 14.4. The molecule has 0 aromatic heterocycles. The van der Waals surface area contributed by atoms with Gasteiger partial charge < -0.3 is 10.2 Å². The van der Waals surface area contributed by atoms with Gasteiger partial charge in [-0.15, -0.1) is 0 Å². The largest absolute Gasteiger partial charge is 0.478 e. The summed E-state index contributed by atoms with van der Waals surface area (Å²) in [6.45, 7) is 5.92. The normalized spacial score (nSPS) is 13.2. The molecule has 0 radical (unpaired) electrons. The average Bonchev–Trinajstić information content (AvgIpc) is 2.57. The minimum Gasteiger partial charge on any atom is -0.478 e. The number of benzene rings is 2. The van der Waals surface area contributed by atoms with Crippen LogP contribution in [0, 0.1) is 0 Å². The van der Waals surface area contributed by atoms with Crippen molar-refractivity contribution >= 4 is 23.5 Å². The van der Waals surface area contributed by atoms with E-state index in [0.717, 1.165) is 17.7 Å². The van der Waals surface area contributed by atoms with E-state index in [1.807, 2.05) is 20.8 Å². The lowest BCUT2D eigenvalue weighted by Crippen LogP contribution is -2.24. The van der Waals surface area contributed by atoms with Gasteiger partial charge in [-0.05, 0) is 35.2 Å². The summed E-state index contributed by atoms with van der Waals surface area (Å²) < 4.78 is 0. The smallest absolute Gasteiger partial charge is 0.336 e. The zero-order chi connectivity index (χ0) is 19.4. The molecule has 2 aromatic carbocycles. The summed E-state index contributed by atoms with van der Waals surface area (Å²) >= 11 is 0. The molecule has 0 amide bonds. The van der Waals surface area contributed by atoms with Crippen molar-refractivity contribution < 1.29 is 29.4 Å². The van der Waals surface area contributed by atoms with Gasteiger partial charge >= 0.3 is 11.9 Å². The van der Waals surface area contributed by atoms with Crippen LogP contribution in [0.2, 0.25) is 0 Å². The van der Waals surface area contributed by atoms with Crippen LogP contribution in [-0.2, 0) is 5.41 Å². The molecule has 0 atom stereocenters. The minimum atomic E-state index is -1.47. The third kappa shape index (κ3) is 2.60. The molecule has 0 saturated heterocycles. The fourth-order valence-electron chi connectivity index (χ4n) is 3.02. The first-order chi connectivity index (χ1) is 12.0. The van der Waals surface area contributed by atoms with Crippen LogP contribution in [-0.4, -0.2) is 33.7 Å². The lowest BCUT2D eigenvalue weighted by molar-refractivity contribution is 0.0651. The van der Waals surface area contributed by atoms with E-state index in [4.69, 9.17) is 0 Å². The monoisotopic (exact) mass is 352 g/mol. The molecule has 2 aromatic rings. The van der Waals surface area contributed by atoms with E-state index in [2.05, 4.69) is 0 Å². The second kappa shape index (κ2) is 5.62. The minimum absolute atomic E-state index is 0.0871. The third-order valence-electron chi connectivity index (χ3n) is 4.48. The Morgan fingerprint density at radius 3 is 1.58 bits per heavy atom. The number of hydrogen-bond acceptors (Lipinski definition) is 4. The summed E-state index contributed by atoms with van der Waals surface area (Å²) in [6.07, 6.45) is 0. The van der Waals surface area contributed by atoms with Crippen LogP contribution in [0.4, 0.5) is 0 Å². The Labute approximate surface area is 149 Å². The van der Waals surface area contributed by atoms with Crippen molar-refractivity contribution in [1.29, 1.82) is 0 Å². The van der Waals surface area contributed by atoms with Crippen LogP contribution >= 0.6 is 0 Å². The lowest BCUT2D eigenvalue weighted by Gasteiger charge is -2.23. The number of fused-ring (bicyclic) bond motifs is 2. The maximum absolute atomic E-state index is 12.9. The quantitative estimate of drug-likeness (QED) is 0.733. The van der Waals surface area contributed by atoms with Gasteiger partial charge in [-0.3, -0.25) is 9.59 Å². The average molecular weight is 352 g/mol. The van der Waals surface area contributed by atoms with Crippen molar-refractivity contribution in [2.45, 2.75) is 26.2 Å². The number of rotatable bonds is 2. The van der Waals surface area contributed by atoms with Gasteiger partial charge in [0.05, 0.1) is 11.1 Å². The number of carbonyl (C=O) groups is 4. The second-order valence-corrected chi connectivity index (χ2v) is 7.22. The van der Waals surface area contributed by atoms with Crippen molar-refractivity contribution in [3.8, 4) is 0 Å². The van der Waals surface area contributed by atoms with E-state index in [1.165, 1.54) is 0 Å². The summed E-state index contributed by atoms with van der Waals surface area (Å²) in [5.41, 5.74) is -0.201. The van der Waals surface area contributed by atoms with E-state index in [1.54, 1.807) is 18.2 Å². The van der Waals surface area contributed by atoms with Crippen molar-refractivity contribution in [1.82, 2.24) is 0 Å². The summed E-state index contributed by atoms with van der Waals surface area (Å²) in [7, 11) is 0. The van der Waals surface area contributed by atoms with E-state index < -0.39 is 34.6 Å². The Kier molecular flexibility index (Phi) is 3.79. The molecule has 6 heteroatoms. The molecular formula is C20H16O6. The van der Waals surface area contributed by atoms with Crippen LogP contribution in [0.15, 0.2) is 30.3 Å². The fourth-order valence-corrected chi connectivity index (χ4v) is 3.02. The van der Waals surface area contributed by atoms with Gasteiger partial charge in [-0.25, -0.2) is 9.59 Å². The molecule has 6 nitrogen and oxygen atoms in total. The van der Waals surface area contributed by atoms with Gasteiger partial charge in [0.1, 0.15) is 0 Å².